The van der Waals surface area contributed by atoms with Crippen molar-refractivity contribution in [3.05, 3.63) is 11.3 Å². The third kappa shape index (κ3) is 4.57. The summed E-state index contributed by atoms with van der Waals surface area (Å²) in [7, 11) is 1.18. The zero-order valence-electron chi connectivity index (χ0n) is 13.0. The van der Waals surface area contributed by atoms with E-state index < -0.39 is 0 Å². The van der Waals surface area contributed by atoms with Crippen LogP contribution in [0, 0.1) is 0 Å². The molecule has 0 fully saturated rings. The van der Waals surface area contributed by atoms with E-state index in [2.05, 4.69) is 57.4 Å². The van der Waals surface area contributed by atoms with E-state index in [0.717, 1.165) is 32.6 Å². The van der Waals surface area contributed by atoms with Gasteiger partial charge in [0.15, 0.2) is 0 Å². The zero-order chi connectivity index (χ0) is 13.5. The van der Waals surface area contributed by atoms with Crippen LogP contribution < -0.4 is 0 Å². The molecule has 0 N–H and O–H groups in total. The van der Waals surface area contributed by atoms with E-state index in [1.54, 1.807) is 5.20 Å². The topological polar surface area (TPSA) is 6.48 Å². The highest BCUT2D eigenvalue weighted by atomic mass is 28.1. The number of nitrogens with zero attached hydrogens (tertiary/aromatic N) is 2. The summed E-state index contributed by atoms with van der Waals surface area (Å²) < 4.78 is 0. The molecule has 17 heavy (non-hydrogen) atoms. The maximum atomic E-state index is 2.58. The summed E-state index contributed by atoms with van der Waals surface area (Å²) in [6, 6.07) is 0. The van der Waals surface area contributed by atoms with Crippen molar-refractivity contribution in [3.63, 3.8) is 0 Å². The average Bonchev–Trinajstić information content (AvgIpc) is 2.29. The first-order valence-electron chi connectivity index (χ1n) is 7.09. The number of allylic oxidation sites excluding steroid dienone is 1. The molecular formula is C14H32N2Si. The summed E-state index contributed by atoms with van der Waals surface area (Å²) in [5.74, 6) is 0. The standard InChI is InChI=1S/C14H32N2Si/c1-7-15(8-2)14(6,12-11-13(5)17)16(9-3)10-4/h11H,7-10,12H2,1-6,17H3/b13-11-. The summed E-state index contributed by atoms with van der Waals surface area (Å²) in [6.07, 6.45) is 3.58. The molecule has 0 aromatic rings. The van der Waals surface area contributed by atoms with Crippen molar-refractivity contribution in [2.24, 2.45) is 0 Å². The van der Waals surface area contributed by atoms with Gasteiger partial charge in [-0.3, -0.25) is 9.80 Å². The zero-order valence-corrected chi connectivity index (χ0v) is 15.0. The molecule has 2 nitrogen and oxygen atoms in total. The second kappa shape index (κ2) is 8.06. The van der Waals surface area contributed by atoms with E-state index in [9.17, 15) is 0 Å². The van der Waals surface area contributed by atoms with E-state index in [1.807, 2.05) is 0 Å². The van der Waals surface area contributed by atoms with E-state index in [4.69, 9.17) is 0 Å². The predicted octanol–water partition coefficient (Wildman–Crippen LogP) is 2.05. The highest BCUT2D eigenvalue weighted by Crippen LogP contribution is 2.25. The van der Waals surface area contributed by atoms with Gasteiger partial charge in [0.2, 0.25) is 0 Å². The van der Waals surface area contributed by atoms with Crippen molar-refractivity contribution in [1.82, 2.24) is 9.80 Å². The van der Waals surface area contributed by atoms with Crippen molar-refractivity contribution < 1.29 is 0 Å². The SMILES string of the molecule is CCN(CC)C(C)(C/C=C(/C)[SiH3])N(CC)CC. The van der Waals surface area contributed by atoms with Crippen molar-refractivity contribution in [1.29, 1.82) is 0 Å². The monoisotopic (exact) mass is 256 g/mol. The van der Waals surface area contributed by atoms with Crippen LogP contribution in [-0.4, -0.2) is 51.9 Å². The fourth-order valence-electron chi connectivity index (χ4n) is 2.67. The van der Waals surface area contributed by atoms with Crippen molar-refractivity contribution >= 4 is 10.2 Å². The summed E-state index contributed by atoms with van der Waals surface area (Å²) in [5, 5.41) is 1.55. The molecule has 0 aromatic carbocycles. The molecule has 0 spiro atoms. The van der Waals surface area contributed by atoms with Gasteiger partial charge >= 0.3 is 0 Å². The minimum atomic E-state index is 0.179. The summed E-state index contributed by atoms with van der Waals surface area (Å²) in [5.41, 5.74) is 0.179. The first-order valence-corrected chi connectivity index (χ1v) is 8.09. The summed E-state index contributed by atoms with van der Waals surface area (Å²) >= 11 is 0. The first-order chi connectivity index (χ1) is 7.96. The molecule has 0 radical (unpaired) electrons. The molecule has 3 heteroatoms. The Bertz CT molecular complexity index is 214. The Hall–Kier alpha value is -0.123. The molecule has 0 aliphatic carbocycles. The molecular weight excluding hydrogens is 224 g/mol. The van der Waals surface area contributed by atoms with E-state index in [-0.39, 0.29) is 5.66 Å². The summed E-state index contributed by atoms with van der Waals surface area (Å²) in [4.78, 5) is 5.17. The minimum absolute atomic E-state index is 0.179. The lowest BCUT2D eigenvalue weighted by Gasteiger charge is -2.48. The minimum Gasteiger partial charge on any atom is -0.286 e. The second-order valence-electron chi connectivity index (χ2n) is 5.05. The Morgan fingerprint density at radius 3 is 1.59 bits per heavy atom. The van der Waals surface area contributed by atoms with Crippen LogP contribution in [-0.2, 0) is 0 Å². The number of hydrogen-bond donors (Lipinski definition) is 0. The Balaban J connectivity index is 5.09. The fraction of sp³-hybridized carbons (Fsp3) is 0.857. The van der Waals surface area contributed by atoms with Gasteiger partial charge in [-0.05, 0) is 46.4 Å². The molecule has 0 aliphatic rings. The normalized spacial score (nSPS) is 14.0. The Labute approximate surface area is 111 Å². The van der Waals surface area contributed by atoms with Crippen LogP contribution in [0.1, 0.15) is 48.0 Å². The van der Waals surface area contributed by atoms with Crippen LogP contribution in [0.4, 0.5) is 0 Å². The molecule has 0 saturated carbocycles. The van der Waals surface area contributed by atoms with Crippen molar-refractivity contribution in [2.75, 3.05) is 26.2 Å². The smallest absolute Gasteiger partial charge is 0.0743 e. The maximum absolute atomic E-state index is 2.58. The molecule has 0 atom stereocenters. The van der Waals surface area contributed by atoms with Crippen molar-refractivity contribution in [3.8, 4) is 0 Å². The maximum Gasteiger partial charge on any atom is 0.0743 e. The van der Waals surface area contributed by atoms with E-state index in [0.29, 0.717) is 0 Å². The molecule has 0 heterocycles. The van der Waals surface area contributed by atoms with Gasteiger partial charge in [0.1, 0.15) is 0 Å². The highest BCUT2D eigenvalue weighted by molar-refractivity contribution is 6.21. The van der Waals surface area contributed by atoms with E-state index >= 15 is 0 Å². The van der Waals surface area contributed by atoms with Crippen LogP contribution in [0.2, 0.25) is 0 Å². The molecule has 0 aliphatic heterocycles. The third-order valence-electron chi connectivity index (χ3n) is 3.79. The number of hydrogen-bond acceptors (Lipinski definition) is 2. The lowest BCUT2D eigenvalue weighted by atomic mass is 10.0. The third-order valence-corrected chi connectivity index (χ3v) is 4.19. The van der Waals surface area contributed by atoms with Crippen LogP contribution >= 0.6 is 0 Å². The lowest BCUT2D eigenvalue weighted by molar-refractivity contribution is -0.0335. The van der Waals surface area contributed by atoms with Gasteiger partial charge < -0.3 is 0 Å². The molecule has 0 amide bonds. The van der Waals surface area contributed by atoms with Crippen molar-refractivity contribution in [2.45, 2.75) is 53.6 Å². The first kappa shape index (κ1) is 16.9. The Morgan fingerprint density at radius 1 is 1.00 bits per heavy atom. The van der Waals surface area contributed by atoms with Crippen LogP contribution in [0.15, 0.2) is 11.3 Å². The average molecular weight is 257 g/mol. The largest absolute Gasteiger partial charge is 0.286 e. The highest BCUT2D eigenvalue weighted by Gasteiger charge is 2.33. The van der Waals surface area contributed by atoms with E-state index in [1.165, 1.54) is 10.2 Å². The van der Waals surface area contributed by atoms with Gasteiger partial charge in [-0.1, -0.05) is 39.0 Å². The van der Waals surface area contributed by atoms with Gasteiger partial charge in [-0.25, -0.2) is 0 Å². The molecule has 0 aromatic heterocycles. The predicted molar refractivity (Wildman–Crippen MR) is 82.6 cm³/mol. The van der Waals surface area contributed by atoms with Gasteiger partial charge in [0.25, 0.3) is 0 Å². The molecule has 0 rings (SSSR count). The Morgan fingerprint density at radius 2 is 1.35 bits per heavy atom. The lowest BCUT2D eigenvalue weighted by Crippen LogP contribution is -2.58. The van der Waals surface area contributed by atoms with Gasteiger partial charge in [0.05, 0.1) is 5.66 Å². The molecule has 0 saturated heterocycles. The molecule has 0 unspecified atom stereocenters. The quantitative estimate of drug-likeness (QED) is 0.484. The second-order valence-corrected chi connectivity index (χ2v) is 6.62. The van der Waals surface area contributed by atoms with Gasteiger partial charge in [0, 0.05) is 10.2 Å². The van der Waals surface area contributed by atoms with Crippen LogP contribution in [0.3, 0.4) is 0 Å². The fourth-order valence-corrected chi connectivity index (χ4v) is 2.87. The number of rotatable bonds is 8. The van der Waals surface area contributed by atoms with Crippen LogP contribution in [0.25, 0.3) is 0 Å². The molecule has 0 bridgehead atoms. The molecule has 102 valence electrons. The summed E-state index contributed by atoms with van der Waals surface area (Å²) in [6.45, 7) is 18.2. The Kier molecular flexibility index (Phi) is 8.00. The van der Waals surface area contributed by atoms with Crippen LogP contribution in [0.5, 0.6) is 0 Å². The van der Waals surface area contributed by atoms with Gasteiger partial charge in [-0.15, -0.1) is 0 Å². The van der Waals surface area contributed by atoms with Gasteiger partial charge in [-0.2, -0.15) is 0 Å².